The average molecular weight is 338 g/mol. The van der Waals surface area contributed by atoms with Gasteiger partial charge in [-0.05, 0) is 36.0 Å². The molecule has 2 aromatic rings. The minimum atomic E-state index is -0.330. The fourth-order valence-electron chi connectivity index (χ4n) is 3.16. The number of hydrogen-bond donors (Lipinski definition) is 2. The van der Waals surface area contributed by atoms with Gasteiger partial charge in [-0.3, -0.25) is 0 Å². The van der Waals surface area contributed by atoms with Crippen LogP contribution in [0.5, 0.6) is 0 Å². The van der Waals surface area contributed by atoms with Gasteiger partial charge in [0.05, 0.1) is 0 Å². The molecular weight excluding hydrogens is 312 g/mol. The topological polar surface area (TPSA) is 50.4 Å². The molecule has 132 valence electrons. The van der Waals surface area contributed by atoms with Gasteiger partial charge in [0, 0.05) is 18.6 Å². The highest BCUT2D eigenvalue weighted by Crippen LogP contribution is 2.21. The van der Waals surface area contributed by atoms with E-state index in [2.05, 4.69) is 41.8 Å². The normalized spacial score (nSPS) is 19.1. The van der Waals surface area contributed by atoms with Crippen LogP contribution in [0.2, 0.25) is 0 Å². The number of carbonyl (C=O) groups excluding carboxylic acids is 1. The van der Waals surface area contributed by atoms with Crippen molar-refractivity contribution < 1.29 is 9.53 Å². The molecule has 1 fully saturated rings. The number of carbonyl (C=O) groups is 1. The summed E-state index contributed by atoms with van der Waals surface area (Å²) in [7, 11) is 0. The largest absolute Gasteiger partial charge is 0.445 e. The van der Waals surface area contributed by atoms with E-state index in [1.165, 1.54) is 11.1 Å². The molecule has 1 saturated carbocycles. The molecule has 3 rings (SSSR count). The predicted octanol–water partition coefficient (Wildman–Crippen LogP) is 3.80. The maximum atomic E-state index is 11.8. The highest BCUT2D eigenvalue weighted by molar-refractivity contribution is 5.67. The van der Waals surface area contributed by atoms with E-state index in [1.807, 2.05) is 30.3 Å². The Morgan fingerprint density at radius 3 is 2.40 bits per heavy atom. The SMILES string of the molecule is CCc1ccccc1CNC1CC(NC(=O)OCc2ccccc2)C1. The molecule has 0 spiro atoms. The molecule has 1 aliphatic carbocycles. The van der Waals surface area contributed by atoms with Crippen molar-refractivity contribution in [3.05, 3.63) is 71.3 Å². The molecular formula is C21H26N2O2. The van der Waals surface area contributed by atoms with Crippen LogP contribution in [0, 0.1) is 0 Å². The fraction of sp³-hybridized carbons (Fsp3) is 0.381. The van der Waals surface area contributed by atoms with Crippen molar-refractivity contribution in [2.75, 3.05) is 0 Å². The summed E-state index contributed by atoms with van der Waals surface area (Å²) in [5.41, 5.74) is 3.76. The number of amides is 1. The van der Waals surface area contributed by atoms with Gasteiger partial charge in [-0.2, -0.15) is 0 Å². The van der Waals surface area contributed by atoms with Gasteiger partial charge in [0.25, 0.3) is 0 Å². The molecule has 0 aromatic heterocycles. The van der Waals surface area contributed by atoms with Crippen molar-refractivity contribution in [3.63, 3.8) is 0 Å². The lowest BCUT2D eigenvalue weighted by molar-refractivity contribution is 0.125. The fourth-order valence-corrected chi connectivity index (χ4v) is 3.16. The zero-order valence-electron chi connectivity index (χ0n) is 14.7. The summed E-state index contributed by atoms with van der Waals surface area (Å²) in [6, 6.07) is 18.9. The van der Waals surface area contributed by atoms with Crippen LogP contribution in [0.4, 0.5) is 4.79 Å². The number of aryl methyl sites for hydroxylation is 1. The number of alkyl carbamates (subject to hydrolysis) is 1. The Kier molecular flexibility index (Phi) is 6.07. The molecule has 0 saturated heterocycles. The zero-order valence-corrected chi connectivity index (χ0v) is 14.7. The van der Waals surface area contributed by atoms with Crippen molar-refractivity contribution in [2.24, 2.45) is 0 Å². The highest BCUT2D eigenvalue weighted by atomic mass is 16.5. The summed E-state index contributed by atoms with van der Waals surface area (Å²) >= 11 is 0. The number of hydrogen-bond acceptors (Lipinski definition) is 3. The molecule has 0 atom stereocenters. The molecule has 0 aliphatic heterocycles. The lowest BCUT2D eigenvalue weighted by atomic mass is 9.86. The molecule has 0 heterocycles. The van der Waals surface area contributed by atoms with Crippen molar-refractivity contribution in [1.29, 1.82) is 0 Å². The molecule has 0 bridgehead atoms. The molecule has 2 aromatic carbocycles. The van der Waals surface area contributed by atoms with Gasteiger partial charge < -0.3 is 15.4 Å². The zero-order chi connectivity index (χ0) is 17.5. The molecule has 2 N–H and O–H groups in total. The van der Waals surface area contributed by atoms with Crippen LogP contribution in [0.15, 0.2) is 54.6 Å². The third-order valence-corrected chi connectivity index (χ3v) is 4.75. The predicted molar refractivity (Wildman–Crippen MR) is 99.2 cm³/mol. The minimum Gasteiger partial charge on any atom is -0.445 e. The smallest absolute Gasteiger partial charge is 0.407 e. The van der Waals surface area contributed by atoms with Crippen LogP contribution in [-0.2, 0) is 24.3 Å². The average Bonchev–Trinajstić information content (AvgIpc) is 2.63. The second-order valence-corrected chi connectivity index (χ2v) is 6.57. The molecule has 0 unspecified atom stereocenters. The van der Waals surface area contributed by atoms with Gasteiger partial charge in [0.1, 0.15) is 6.61 Å². The second-order valence-electron chi connectivity index (χ2n) is 6.57. The molecule has 1 amide bonds. The van der Waals surface area contributed by atoms with Crippen molar-refractivity contribution in [2.45, 2.75) is 51.4 Å². The van der Waals surface area contributed by atoms with E-state index >= 15 is 0 Å². The highest BCUT2D eigenvalue weighted by Gasteiger charge is 2.30. The first-order valence-corrected chi connectivity index (χ1v) is 9.02. The Hall–Kier alpha value is -2.33. The number of benzene rings is 2. The van der Waals surface area contributed by atoms with Gasteiger partial charge in [0.2, 0.25) is 0 Å². The summed E-state index contributed by atoms with van der Waals surface area (Å²) in [4.78, 5) is 11.8. The van der Waals surface area contributed by atoms with E-state index in [4.69, 9.17) is 4.74 Å². The van der Waals surface area contributed by atoms with Crippen LogP contribution in [0.25, 0.3) is 0 Å². The van der Waals surface area contributed by atoms with Crippen LogP contribution in [0.1, 0.15) is 36.5 Å². The number of ether oxygens (including phenoxy) is 1. The first-order chi connectivity index (χ1) is 12.2. The second kappa shape index (κ2) is 8.67. The quantitative estimate of drug-likeness (QED) is 0.807. The summed E-state index contributed by atoms with van der Waals surface area (Å²) in [6.07, 6.45) is 2.63. The molecule has 1 aliphatic rings. The first-order valence-electron chi connectivity index (χ1n) is 9.02. The van der Waals surface area contributed by atoms with Crippen LogP contribution in [-0.4, -0.2) is 18.2 Å². The molecule has 4 nitrogen and oxygen atoms in total. The summed E-state index contributed by atoms with van der Waals surface area (Å²) in [5, 5.41) is 6.52. The summed E-state index contributed by atoms with van der Waals surface area (Å²) in [5.74, 6) is 0. The van der Waals surface area contributed by atoms with E-state index in [9.17, 15) is 4.79 Å². The van der Waals surface area contributed by atoms with E-state index in [1.54, 1.807) is 0 Å². The van der Waals surface area contributed by atoms with Gasteiger partial charge >= 0.3 is 6.09 Å². The third kappa shape index (κ3) is 5.07. The van der Waals surface area contributed by atoms with E-state index in [0.717, 1.165) is 31.4 Å². The van der Waals surface area contributed by atoms with Gasteiger partial charge in [-0.15, -0.1) is 0 Å². The van der Waals surface area contributed by atoms with E-state index in [-0.39, 0.29) is 12.1 Å². The number of nitrogens with one attached hydrogen (secondary N) is 2. The van der Waals surface area contributed by atoms with E-state index < -0.39 is 0 Å². The molecule has 4 heteroatoms. The van der Waals surface area contributed by atoms with E-state index in [0.29, 0.717) is 12.6 Å². The Balaban J connectivity index is 1.33. The summed E-state index contributed by atoms with van der Waals surface area (Å²) in [6.45, 7) is 3.39. The van der Waals surface area contributed by atoms with Crippen LogP contribution >= 0.6 is 0 Å². The van der Waals surface area contributed by atoms with Crippen LogP contribution < -0.4 is 10.6 Å². The standard InChI is InChI=1S/C21H26N2O2/c1-2-17-10-6-7-11-18(17)14-22-19-12-20(13-19)23-21(24)25-15-16-8-4-3-5-9-16/h3-11,19-20,22H,2,12-15H2,1H3,(H,23,24). The van der Waals surface area contributed by atoms with Crippen molar-refractivity contribution in [1.82, 2.24) is 10.6 Å². The van der Waals surface area contributed by atoms with Gasteiger partial charge in [-0.25, -0.2) is 4.79 Å². The maximum absolute atomic E-state index is 11.8. The van der Waals surface area contributed by atoms with Crippen LogP contribution in [0.3, 0.4) is 0 Å². The Bertz CT molecular complexity index is 681. The monoisotopic (exact) mass is 338 g/mol. The summed E-state index contributed by atoms with van der Waals surface area (Å²) < 4.78 is 5.26. The Morgan fingerprint density at radius 2 is 1.68 bits per heavy atom. The van der Waals surface area contributed by atoms with Crippen molar-refractivity contribution >= 4 is 6.09 Å². The number of rotatable bonds is 7. The first kappa shape index (κ1) is 17.5. The third-order valence-electron chi connectivity index (χ3n) is 4.75. The Labute approximate surface area is 149 Å². The molecule has 25 heavy (non-hydrogen) atoms. The minimum absolute atomic E-state index is 0.210. The molecule has 0 radical (unpaired) electrons. The lowest BCUT2D eigenvalue weighted by Crippen LogP contribution is -2.52. The lowest BCUT2D eigenvalue weighted by Gasteiger charge is -2.36. The van der Waals surface area contributed by atoms with Crippen molar-refractivity contribution in [3.8, 4) is 0 Å². The van der Waals surface area contributed by atoms with Gasteiger partial charge in [0.15, 0.2) is 0 Å². The Morgan fingerprint density at radius 1 is 1.00 bits per heavy atom. The van der Waals surface area contributed by atoms with Gasteiger partial charge in [-0.1, -0.05) is 61.5 Å². The maximum Gasteiger partial charge on any atom is 0.407 e.